The molecular weight excluding hydrogens is 256 g/mol. The minimum atomic E-state index is -0.223. The molecule has 0 radical (unpaired) electrons. The molecule has 0 amide bonds. The van der Waals surface area contributed by atoms with E-state index in [4.69, 9.17) is 9.47 Å². The van der Waals surface area contributed by atoms with Gasteiger partial charge in [-0.1, -0.05) is 13.8 Å². The maximum absolute atomic E-state index is 11.6. The van der Waals surface area contributed by atoms with Crippen LogP contribution in [0.3, 0.4) is 0 Å². The lowest BCUT2D eigenvalue weighted by molar-refractivity contribution is -0.144. The summed E-state index contributed by atoms with van der Waals surface area (Å²) in [7, 11) is 0. The molecule has 0 N–H and O–H groups in total. The van der Waals surface area contributed by atoms with E-state index in [1.807, 2.05) is 32.9 Å². The summed E-state index contributed by atoms with van der Waals surface area (Å²) in [5.74, 6) is 0.164. The molecule has 0 spiro atoms. The van der Waals surface area contributed by atoms with Crippen molar-refractivity contribution < 1.29 is 19.1 Å². The topological polar surface area (TPSA) is 52.6 Å². The van der Waals surface area contributed by atoms with Crippen molar-refractivity contribution in [2.24, 2.45) is 0 Å². The molecule has 4 heteroatoms. The maximum Gasteiger partial charge on any atom is 0.311 e. The van der Waals surface area contributed by atoms with Gasteiger partial charge in [-0.2, -0.15) is 0 Å². The molecule has 0 aromatic heterocycles. The van der Waals surface area contributed by atoms with E-state index >= 15 is 0 Å². The Morgan fingerprint density at radius 1 is 1.05 bits per heavy atom. The highest BCUT2D eigenvalue weighted by Crippen LogP contribution is 2.25. The molecule has 0 fully saturated rings. The first-order valence-electron chi connectivity index (χ1n) is 6.94. The van der Waals surface area contributed by atoms with Gasteiger partial charge in [0.2, 0.25) is 0 Å². The van der Waals surface area contributed by atoms with Gasteiger partial charge in [0.1, 0.15) is 12.4 Å². The summed E-state index contributed by atoms with van der Waals surface area (Å²) in [6.45, 7) is 7.71. The van der Waals surface area contributed by atoms with Gasteiger partial charge in [-0.25, -0.2) is 0 Å². The fourth-order valence-electron chi connectivity index (χ4n) is 1.92. The average molecular weight is 278 g/mol. The van der Waals surface area contributed by atoms with E-state index in [0.717, 1.165) is 23.1 Å². The average Bonchev–Trinajstić information content (AvgIpc) is 2.40. The number of hydrogen-bond donors (Lipinski definition) is 0. The lowest BCUT2D eigenvalue weighted by atomic mass is 10.1. The second-order valence-corrected chi connectivity index (χ2v) is 4.80. The van der Waals surface area contributed by atoms with Crippen molar-refractivity contribution in [2.75, 3.05) is 0 Å². The van der Waals surface area contributed by atoms with Crippen LogP contribution in [0.15, 0.2) is 12.1 Å². The zero-order valence-electron chi connectivity index (χ0n) is 12.6. The van der Waals surface area contributed by atoms with Gasteiger partial charge >= 0.3 is 11.9 Å². The lowest BCUT2D eigenvalue weighted by Crippen LogP contribution is -2.10. The molecule has 1 rings (SSSR count). The molecule has 1 aromatic carbocycles. The monoisotopic (exact) mass is 278 g/mol. The van der Waals surface area contributed by atoms with Crippen LogP contribution in [0, 0.1) is 13.8 Å². The second-order valence-electron chi connectivity index (χ2n) is 4.80. The van der Waals surface area contributed by atoms with Crippen LogP contribution in [-0.2, 0) is 20.9 Å². The van der Waals surface area contributed by atoms with Crippen LogP contribution in [0.2, 0.25) is 0 Å². The molecule has 20 heavy (non-hydrogen) atoms. The van der Waals surface area contributed by atoms with Crippen molar-refractivity contribution in [3.63, 3.8) is 0 Å². The zero-order chi connectivity index (χ0) is 15.1. The van der Waals surface area contributed by atoms with Gasteiger partial charge in [-0.05, 0) is 49.1 Å². The predicted molar refractivity (Wildman–Crippen MR) is 76.5 cm³/mol. The summed E-state index contributed by atoms with van der Waals surface area (Å²) in [6, 6.07) is 3.76. The van der Waals surface area contributed by atoms with E-state index in [2.05, 4.69) is 0 Å². The Hall–Kier alpha value is -1.84. The molecule has 0 saturated carbocycles. The molecule has 0 atom stereocenters. The van der Waals surface area contributed by atoms with E-state index in [0.29, 0.717) is 18.6 Å². The smallest absolute Gasteiger partial charge is 0.311 e. The van der Waals surface area contributed by atoms with E-state index in [-0.39, 0.29) is 18.5 Å². The molecule has 0 bridgehead atoms. The molecule has 0 unspecified atom stereocenters. The van der Waals surface area contributed by atoms with Crippen molar-refractivity contribution >= 4 is 11.9 Å². The third kappa shape index (κ3) is 4.68. The van der Waals surface area contributed by atoms with Crippen LogP contribution < -0.4 is 4.74 Å². The molecule has 0 aliphatic rings. The second kappa shape index (κ2) is 7.68. The highest BCUT2D eigenvalue weighted by molar-refractivity contribution is 5.73. The van der Waals surface area contributed by atoms with Gasteiger partial charge in [-0.3, -0.25) is 9.59 Å². The lowest BCUT2D eigenvalue weighted by Gasteiger charge is -2.13. The van der Waals surface area contributed by atoms with E-state index in [9.17, 15) is 9.59 Å². The first kappa shape index (κ1) is 16.2. The van der Waals surface area contributed by atoms with Crippen molar-refractivity contribution in [1.82, 2.24) is 0 Å². The molecule has 4 nitrogen and oxygen atoms in total. The number of carbonyl (C=O) groups excluding carboxylic acids is 2. The first-order chi connectivity index (χ1) is 9.47. The third-order valence-corrected chi connectivity index (χ3v) is 2.88. The number of ether oxygens (including phenoxy) is 2. The highest BCUT2D eigenvalue weighted by atomic mass is 16.5. The fourth-order valence-corrected chi connectivity index (χ4v) is 1.92. The quantitative estimate of drug-likeness (QED) is 0.590. The highest BCUT2D eigenvalue weighted by Gasteiger charge is 2.11. The number of rotatable bonds is 6. The van der Waals surface area contributed by atoms with Crippen molar-refractivity contribution in [1.29, 1.82) is 0 Å². The number of esters is 2. The predicted octanol–water partition coefficient (Wildman–Crippen LogP) is 3.46. The Morgan fingerprint density at radius 3 is 2.15 bits per heavy atom. The van der Waals surface area contributed by atoms with Gasteiger partial charge in [0.25, 0.3) is 0 Å². The Kier molecular flexibility index (Phi) is 6.22. The Balaban J connectivity index is 2.80. The maximum atomic E-state index is 11.6. The Bertz CT molecular complexity index is 468. The minimum absolute atomic E-state index is 0.219. The van der Waals surface area contributed by atoms with Gasteiger partial charge < -0.3 is 9.47 Å². The summed E-state index contributed by atoms with van der Waals surface area (Å²) in [6.07, 6.45) is 1.54. The van der Waals surface area contributed by atoms with Crippen LogP contribution in [0.4, 0.5) is 0 Å². The van der Waals surface area contributed by atoms with Crippen LogP contribution in [-0.4, -0.2) is 11.9 Å². The van der Waals surface area contributed by atoms with Crippen LogP contribution in [0.5, 0.6) is 5.75 Å². The molecule has 0 heterocycles. The molecular formula is C16H22O4. The molecule has 0 saturated heterocycles. The summed E-state index contributed by atoms with van der Waals surface area (Å²) >= 11 is 0. The summed E-state index contributed by atoms with van der Waals surface area (Å²) in [5.41, 5.74) is 2.64. The molecule has 1 aromatic rings. The third-order valence-electron chi connectivity index (χ3n) is 2.88. The number of benzene rings is 1. The zero-order valence-corrected chi connectivity index (χ0v) is 12.6. The van der Waals surface area contributed by atoms with Crippen molar-refractivity contribution in [3.8, 4) is 5.75 Å². The standard InChI is InChI=1S/C16H22O4/c1-5-7-15(18)20-16-11(3)8-13(9-12(16)4)10-19-14(17)6-2/h8-9H,5-7,10H2,1-4H3. The molecule has 0 aliphatic heterocycles. The summed E-state index contributed by atoms with van der Waals surface area (Å²) < 4.78 is 10.5. The number of hydrogen-bond acceptors (Lipinski definition) is 4. The SMILES string of the molecule is CCCC(=O)Oc1c(C)cc(COC(=O)CC)cc1C. The fraction of sp³-hybridized carbons (Fsp3) is 0.500. The van der Waals surface area contributed by atoms with Crippen molar-refractivity contribution in [3.05, 3.63) is 28.8 Å². The van der Waals surface area contributed by atoms with Crippen molar-refractivity contribution in [2.45, 2.75) is 53.6 Å². The number of carbonyl (C=O) groups is 2. The van der Waals surface area contributed by atoms with Gasteiger partial charge in [0, 0.05) is 12.8 Å². The van der Waals surface area contributed by atoms with Gasteiger partial charge in [-0.15, -0.1) is 0 Å². The van der Waals surface area contributed by atoms with E-state index < -0.39 is 0 Å². The van der Waals surface area contributed by atoms with E-state index in [1.54, 1.807) is 6.92 Å². The summed E-state index contributed by atoms with van der Waals surface area (Å²) in [4.78, 5) is 22.7. The van der Waals surface area contributed by atoms with Crippen LogP contribution in [0.1, 0.15) is 49.8 Å². The van der Waals surface area contributed by atoms with Crippen LogP contribution >= 0.6 is 0 Å². The largest absolute Gasteiger partial charge is 0.461 e. The molecule has 110 valence electrons. The normalized spacial score (nSPS) is 10.2. The van der Waals surface area contributed by atoms with Gasteiger partial charge in [0.05, 0.1) is 0 Å². The minimum Gasteiger partial charge on any atom is -0.461 e. The van der Waals surface area contributed by atoms with Crippen LogP contribution in [0.25, 0.3) is 0 Å². The van der Waals surface area contributed by atoms with Gasteiger partial charge in [0.15, 0.2) is 0 Å². The molecule has 0 aliphatic carbocycles. The Morgan fingerprint density at radius 2 is 1.65 bits per heavy atom. The number of aryl methyl sites for hydroxylation is 2. The Labute approximate surface area is 120 Å². The first-order valence-corrected chi connectivity index (χ1v) is 6.94. The summed E-state index contributed by atoms with van der Waals surface area (Å²) in [5, 5.41) is 0. The van der Waals surface area contributed by atoms with E-state index in [1.165, 1.54) is 0 Å².